The van der Waals surface area contributed by atoms with E-state index in [1.54, 1.807) is 6.92 Å². The third-order valence-electron chi connectivity index (χ3n) is 2.48. The second kappa shape index (κ2) is 4.99. The monoisotopic (exact) mass is 232 g/mol. The molecule has 0 saturated carbocycles. The Hall–Kier alpha value is -1.84. The summed E-state index contributed by atoms with van der Waals surface area (Å²) in [5.41, 5.74) is 1.30. The molecule has 4 nitrogen and oxygen atoms in total. The minimum atomic E-state index is 0.307. The van der Waals surface area contributed by atoms with Crippen molar-refractivity contribution in [3.63, 3.8) is 0 Å². The summed E-state index contributed by atoms with van der Waals surface area (Å²) in [6.45, 7) is 6.39. The van der Waals surface area contributed by atoms with Crippen molar-refractivity contribution < 1.29 is 9.15 Å². The molecule has 0 aliphatic rings. The van der Waals surface area contributed by atoms with Crippen LogP contribution < -0.4 is 4.74 Å². The Labute approximate surface area is 101 Å². The lowest BCUT2D eigenvalue weighted by molar-refractivity contribution is 0.260. The minimum Gasteiger partial charge on any atom is -0.484 e. The zero-order chi connectivity index (χ0) is 12.3. The van der Waals surface area contributed by atoms with Crippen LogP contribution in [0.1, 0.15) is 37.1 Å². The van der Waals surface area contributed by atoms with Crippen LogP contribution in [0, 0.1) is 6.92 Å². The quantitative estimate of drug-likeness (QED) is 0.812. The van der Waals surface area contributed by atoms with Crippen LogP contribution in [-0.4, -0.2) is 10.2 Å². The first-order valence-corrected chi connectivity index (χ1v) is 5.67. The molecule has 0 amide bonds. The van der Waals surface area contributed by atoms with Crippen LogP contribution >= 0.6 is 0 Å². The molecule has 1 aromatic heterocycles. The molecule has 0 radical (unpaired) electrons. The SMILES string of the molecule is Cc1nnc(COc2ccc(C(C)C)cc2)o1. The van der Waals surface area contributed by atoms with Gasteiger partial charge >= 0.3 is 0 Å². The van der Waals surface area contributed by atoms with Gasteiger partial charge in [-0.15, -0.1) is 10.2 Å². The molecule has 2 aromatic rings. The lowest BCUT2D eigenvalue weighted by atomic mass is 10.0. The molecular weight excluding hydrogens is 216 g/mol. The Morgan fingerprint density at radius 2 is 1.88 bits per heavy atom. The summed E-state index contributed by atoms with van der Waals surface area (Å²) in [6.07, 6.45) is 0. The fourth-order valence-electron chi connectivity index (χ4n) is 1.49. The van der Waals surface area contributed by atoms with E-state index in [1.165, 1.54) is 5.56 Å². The van der Waals surface area contributed by atoms with Gasteiger partial charge in [-0.05, 0) is 23.6 Å². The lowest BCUT2D eigenvalue weighted by Crippen LogP contribution is -1.96. The maximum atomic E-state index is 5.54. The third-order valence-corrected chi connectivity index (χ3v) is 2.48. The summed E-state index contributed by atoms with van der Waals surface area (Å²) in [4.78, 5) is 0. The van der Waals surface area contributed by atoms with Gasteiger partial charge in [0.15, 0.2) is 6.61 Å². The fourth-order valence-corrected chi connectivity index (χ4v) is 1.49. The Bertz CT molecular complexity index is 474. The average molecular weight is 232 g/mol. The number of nitrogens with zero attached hydrogens (tertiary/aromatic N) is 2. The molecular formula is C13H16N2O2. The summed E-state index contributed by atoms with van der Waals surface area (Å²) < 4.78 is 10.8. The van der Waals surface area contributed by atoms with Gasteiger partial charge in [-0.25, -0.2) is 0 Å². The predicted octanol–water partition coefficient (Wildman–Crippen LogP) is 3.08. The Kier molecular flexibility index (Phi) is 3.42. The molecule has 0 unspecified atom stereocenters. The highest BCUT2D eigenvalue weighted by molar-refractivity contribution is 5.28. The molecule has 0 bridgehead atoms. The molecule has 0 saturated heterocycles. The molecule has 1 heterocycles. The van der Waals surface area contributed by atoms with Crippen molar-refractivity contribution in [2.45, 2.75) is 33.3 Å². The van der Waals surface area contributed by atoms with Gasteiger partial charge in [-0.3, -0.25) is 0 Å². The van der Waals surface area contributed by atoms with Crippen molar-refractivity contribution >= 4 is 0 Å². The fraction of sp³-hybridized carbons (Fsp3) is 0.385. The van der Waals surface area contributed by atoms with E-state index in [-0.39, 0.29) is 0 Å². The molecule has 0 fully saturated rings. The van der Waals surface area contributed by atoms with Gasteiger partial charge in [0, 0.05) is 6.92 Å². The molecule has 0 aliphatic carbocycles. The standard InChI is InChI=1S/C13H16N2O2/c1-9(2)11-4-6-12(7-5-11)16-8-13-15-14-10(3)17-13/h4-7,9H,8H2,1-3H3. The van der Waals surface area contributed by atoms with Gasteiger partial charge in [0.25, 0.3) is 5.89 Å². The number of rotatable bonds is 4. The summed E-state index contributed by atoms with van der Waals surface area (Å²) >= 11 is 0. The van der Waals surface area contributed by atoms with Gasteiger partial charge in [0.1, 0.15) is 5.75 Å². The zero-order valence-corrected chi connectivity index (χ0v) is 10.3. The highest BCUT2D eigenvalue weighted by atomic mass is 16.5. The average Bonchev–Trinajstić information content (AvgIpc) is 2.73. The third kappa shape index (κ3) is 3.06. The maximum absolute atomic E-state index is 5.54. The first kappa shape index (κ1) is 11.6. The van der Waals surface area contributed by atoms with Crippen molar-refractivity contribution in [1.29, 1.82) is 0 Å². The number of aryl methyl sites for hydroxylation is 1. The van der Waals surface area contributed by atoms with E-state index in [0.717, 1.165) is 5.75 Å². The molecule has 90 valence electrons. The first-order valence-electron chi connectivity index (χ1n) is 5.67. The smallest absolute Gasteiger partial charge is 0.253 e. The van der Waals surface area contributed by atoms with Crippen LogP contribution in [0.4, 0.5) is 0 Å². The largest absolute Gasteiger partial charge is 0.484 e. The van der Waals surface area contributed by atoms with Crippen molar-refractivity contribution in [2.75, 3.05) is 0 Å². The minimum absolute atomic E-state index is 0.307. The van der Waals surface area contributed by atoms with Gasteiger partial charge in [-0.2, -0.15) is 0 Å². The number of hydrogen-bond acceptors (Lipinski definition) is 4. The summed E-state index contributed by atoms with van der Waals surface area (Å²) in [5.74, 6) is 2.39. The van der Waals surface area contributed by atoms with Crippen LogP contribution in [-0.2, 0) is 6.61 Å². The zero-order valence-electron chi connectivity index (χ0n) is 10.3. The summed E-state index contributed by atoms with van der Waals surface area (Å²) in [5, 5.41) is 7.60. The van der Waals surface area contributed by atoms with Crippen molar-refractivity contribution in [3.05, 3.63) is 41.6 Å². The van der Waals surface area contributed by atoms with Crippen LogP contribution in [0.5, 0.6) is 5.75 Å². The molecule has 2 rings (SSSR count). The summed E-state index contributed by atoms with van der Waals surface area (Å²) in [6, 6.07) is 8.05. The van der Waals surface area contributed by atoms with E-state index in [2.05, 4.69) is 36.2 Å². The highest BCUT2D eigenvalue weighted by Gasteiger charge is 2.04. The number of benzene rings is 1. The topological polar surface area (TPSA) is 48.2 Å². The molecule has 0 aliphatic heterocycles. The molecule has 4 heteroatoms. The van der Waals surface area contributed by atoms with E-state index in [4.69, 9.17) is 9.15 Å². The number of ether oxygens (including phenoxy) is 1. The lowest BCUT2D eigenvalue weighted by Gasteiger charge is -2.07. The molecule has 1 aromatic carbocycles. The predicted molar refractivity (Wildman–Crippen MR) is 63.9 cm³/mol. The van der Waals surface area contributed by atoms with Crippen LogP contribution in [0.25, 0.3) is 0 Å². The van der Waals surface area contributed by atoms with Crippen molar-refractivity contribution in [1.82, 2.24) is 10.2 Å². The normalized spacial score (nSPS) is 10.8. The highest BCUT2D eigenvalue weighted by Crippen LogP contribution is 2.19. The molecule has 0 N–H and O–H groups in total. The van der Waals surface area contributed by atoms with Crippen LogP contribution in [0.3, 0.4) is 0 Å². The Morgan fingerprint density at radius 1 is 1.18 bits per heavy atom. The van der Waals surface area contributed by atoms with Gasteiger partial charge in [0.2, 0.25) is 5.89 Å². The number of aromatic nitrogens is 2. The Morgan fingerprint density at radius 3 is 2.41 bits per heavy atom. The van der Waals surface area contributed by atoms with Gasteiger partial charge in [0.05, 0.1) is 0 Å². The first-order chi connectivity index (χ1) is 8.15. The van der Waals surface area contributed by atoms with E-state index in [9.17, 15) is 0 Å². The van der Waals surface area contributed by atoms with E-state index in [1.807, 2.05) is 12.1 Å². The maximum Gasteiger partial charge on any atom is 0.253 e. The second-order valence-electron chi connectivity index (χ2n) is 4.23. The van der Waals surface area contributed by atoms with Crippen LogP contribution in [0.15, 0.2) is 28.7 Å². The molecule has 17 heavy (non-hydrogen) atoms. The van der Waals surface area contributed by atoms with E-state index in [0.29, 0.717) is 24.3 Å². The van der Waals surface area contributed by atoms with Crippen molar-refractivity contribution in [3.8, 4) is 5.75 Å². The summed E-state index contributed by atoms with van der Waals surface area (Å²) in [7, 11) is 0. The van der Waals surface area contributed by atoms with Crippen LogP contribution in [0.2, 0.25) is 0 Å². The second-order valence-corrected chi connectivity index (χ2v) is 4.23. The van der Waals surface area contributed by atoms with E-state index >= 15 is 0 Å². The molecule has 0 spiro atoms. The van der Waals surface area contributed by atoms with Gasteiger partial charge in [-0.1, -0.05) is 26.0 Å². The molecule has 0 atom stereocenters. The van der Waals surface area contributed by atoms with E-state index < -0.39 is 0 Å². The van der Waals surface area contributed by atoms with Gasteiger partial charge < -0.3 is 9.15 Å². The Balaban J connectivity index is 1.95. The number of hydrogen-bond donors (Lipinski definition) is 0. The van der Waals surface area contributed by atoms with Crippen molar-refractivity contribution in [2.24, 2.45) is 0 Å².